The first-order chi connectivity index (χ1) is 10.2. The van der Waals surface area contributed by atoms with E-state index in [-0.39, 0.29) is 6.10 Å². The van der Waals surface area contributed by atoms with Gasteiger partial charge in [0.2, 0.25) is 0 Å². The highest BCUT2D eigenvalue weighted by molar-refractivity contribution is 5.11. The van der Waals surface area contributed by atoms with Gasteiger partial charge in [-0.15, -0.1) is 0 Å². The van der Waals surface area contributed by atoms with E-state index in [9.17, 15) is 0 Å². The van der Waals surface area contributed by atoms with Crippen LogP contribution in [0, 0.1) is 0 Å². The molecule has 1 N–H and O–H groups in total. The third-order valence-corrected chi connectivity index (χ3v) is 4.14. The van der Waals surface area contributed by atoms with Gasteiger partial charge < -0.3 is 10.1 Å². The minimum Gasteiger partial charge on any atom is -0.374 e. The summed E-state index contributed by atoms with van der Waals surface area (Å²) in [6, 6.07) is 5.10. The molecular formula is C17H29N3O. The summed E-state index contributed by atoms with van der Waals surface area (Å²) >= 11 is 0. The number of ether oxygens (including phenoxy) is 1. The Labute approximate surface area is 128 Å². The Morgan fingerprint density at radius 1 is 1.48 bits per heavy atom. The van der Waals surface area contributed by atoms with Crippen LogP contribution >= 0.6 is 0 Å². The van der Waals surface area contributed by atoms with E-state index in [1.165, 1.54) is 5.56 Å². The van der Waals surface area contributed by atoms with Crippen LogP contribution in [0.4, 0.5) is 0 Å². The van der Waals surface area contributed by atoms with Crippen LogP contribution in [-0.4, -0.2) is 54.3 Å². The fourth-order valence-corrected chi connectivity index (χ4v) is 2.85. The predicted octanol–water partition coefficient (Wildman–Crippen LogP) is 2.10. The van der Waals surface area contributed by atoms with Crippen LogP contribution in [0.15, 0.2) is 24.5 Å². The molecule has 2 rings (SSSR count). The largest absolute Gasteiger partial charge is 0.374 e. The van der Waals surface area contributed by atoms with Gasteiger partial charge in [0.1, 0.15) is 0 Å². The highest BCUT2D eigenvalue weighted by Gasteiger charge is 2.28. The van der Waals surface area contributed by atoms with E-state index in [0.717, 1.165) is 39.1 Å². The molecule has 2 unspecified atom stereocenters. The van der Waals surface area contributed by atoms with Gasteiger partial charge in [0, 0.05) is 37.6 Å². The Hall–Kier alpha value is -0.970. The summed E-state index contributed by atoms with van der Waals surface area (Å²) in [5, 5.41) is 3.67. The summed E-state index contributed by atoms with van der Waals surface area (Å²) in [7, 11) is 0. The molecule has 118 valence electrons. The second-order valence-electron chi connectivity index (χ2n) is 6.12. The van der Waals surface area contributed by atoms with E-state index >= 15 is 0 Å². The van der Waals surface area contributed by atoms with Crippen LogP contribution in [0.3, 0.4) is 0 Å². The lowest BCUT2D eigenvalue weighted by atomic mass is 10.0. The van der Waals surface area contributed by atoms with Crippen molar-refractivity contribution < 1.29 is 4.74 Å². The first kappa shape index (κ1) is 16.4. The zero-order chi connectivity index (χ0) is 15.1. The summed E-state index contributed by atoms with van der Waals surface area (Å²) in [6.07, 6.45) is 6.17. The Morgan fingerprint density at radius 2 is 2.33 bits per heavy atom. The van der Waals surface area contributed by atoms with E-state index < -0.39 is 0 Å². The Bertz CT molecular complexity index is 396. The molecular weight excluding hydrogens is 262 g/mol. The average Bonchev–Trinajstić information content (AvgIpc) is 2.52. The number of pyridine rings is 1. The minimum absolute atomic E-state index is 0.257. The van der Waals surface area contributed by atoms with Crippen molar-refractivity contribution in [2.75, 3.05) is 26.2 Å². The molecule has 0 aromatic carbocycles. The number of nitrogens with one attached hydrogen (secondary N) is 1. The molecule has 2 atom stereocenters. The lowest BCUT2D eigenvalue weighted by molar-refractivity contribution is -0.0552. The molecule has 0 aliphatic carbocycles. The van der Waals surface area contributed by atoms with E-state index in [2.05, 4.69) is 42.0 Å². The number of rotatable bonds is 7. The topological polar surface area (TPSA) is 37.4 Å². The molecule has 1 saturated heterocycles. The fraction of sp³-hybridized carbons (Fsp3) is 0.706. The van der Waals surface area contributed by atoms with Gasteiger partial charge in [-0.2, -0.15) is 0 Å². The monoisotopic (exact) mass is 291 g/mol. The third kappa shape index (κ3) is 5.06. The van der Waals surface area contributed by atoms with E-state index in [0.29, 0.717) is 12.1 Å². The Balaban J connectivity index is 2.00. The number of hydrogen-bond acceptors (Lipinski definition) is 4. The van der Waals surface area contributed by atoms with E-state index in [1.54, 1.807) is 0 Å². The third-order valence-electron chi connectivity index (χ3n) is 4.14. The first-order valence-electron chi connectivity index (χ1n) is 8.18. The Kier molecular flexibility index (Phi) is 6.61. The van der Waals surface area contributed by atoms with Crippen LogP contribution < -0.4 is 5.32 Å². The highest BCUT2D eigenvalue weighted by atomic mass is 16.5. The normalized spacial score (nSPS) is 21.6. The summed E-state index contributed by atoms with van der Waals surface area (Å²) in [6.45, 7) is 10.7. The van der Waals surface area contributed by atoms with Gasteiger partial charge in [-0.1, -0.05) is 13.0 Å². The van der Waals surface area contributed by atoms with E-state index in [1.807, 2.05) is 18.5 Å². The Morgan fingerprint density at radius 3 is 3.00 bits per heavy atom. The van der Waals surface area contributed by atoms with Crippen molar-refractivity contribution in [1.82, 2.24) is 15.2 Å². The van der Waals surface area contributed by atoms with Gasteiger partial charge in [-0.25, -0.2) is 0 Å². The maximum Gasteiger partial charge on any atom is 0.0858 e. The van der Waals surface area contributed by atoms with Gasteiger partial charge in [-0.05, 0) is 44.9 Å². The number of hydrogen-bond donors (Lipinski definition) is 1. The molecule has 0 radical (unpaired) electrons. The first-order valence-corrected chi connectivity index (χ1v) is 8.18. The molecule has 1 fully saturated rings. The van der Waals surface area contributed by atoms with Crippen LogP contribution in [0.25, 0.3) is 0 Å². The SMILES string of the molecule is CCCNC(Cc1cccnc1)C1CN(C(C)C)CCO1. The number of nitrogens with zero attached hydrogens (tertiary/aromatic N) is 2. The van der Waals surface area contributed by atoms with Crippen molar-refractivity contribution in [3.8, 4) is 0 Å². The van der Waals surface area contributed by atoms with Gasteiger partial charge in [0.05, 0.1) is 12.7 Å². The second kappa shape index (κ2) is 8.47. The molecule has 0 amide bonds. The molecule has 1 aromatic heterocycles. The molecule has 0 spiro atoms. The predicted molar refractivity (Wildman–Crippen MR) is 86.5 cm³/mol. The van der Waals surface area contributed by atoms with Crippen molar-refractivity contribution in [3.05, 3.63) is 30.1 Å². The molecule has 1 aliphatic rings. The maximum atomic E-state index is 6.07. The van der Waals surface area contributed by atoms with Gasteiger partial charge in [0.25, 0.3) is 0 Å². The van der Waals surface area contributed by atoms with E-state index in [4.69, 9.17) is 4.74 Å². The smallest absolute Gasteiger partial charge is 0.0858 e. The molecule has 0 bridgehead atoms. The zero-order valence-electron chi connectivity index (χ0n) is 13.6. The summed E-state index contributed by atoms with van der Waals surface area (Å²) in [5.74, 6) is 0. The van der Waals surface area contributed by atoms with Crippen LogP contribution in [-0.2, 0) is 11.2 Å². The quantitative estimate of drug-likeness (QED) is 0.835. The van der Waals surface area contributed by atoms with Crippen molar-refractivity contribution in [3.63, 3.8) is 0 Å². The number of morpholine rings is 1. The average molecular weight is 291 g/mol. The summed E-state index contributed by atoms with van der Waals surface area (Å²) in [4.78, 5) is 6.74. The standard InChI is InChI=1S/C17H29N3O/c1-4-7-19-16(11-15-6-5-8-18-12-15)17-13-20(14(2)3)9-10-21-17/h5-6,8,12,14,16-17,19H,4,7,9-11,13H2,1-3H3. The minimum atomic E-state index is 0.257. The van der Waals surface area contributed by atoms with Crippen molar-refractivity contribution in [2.24, 2.45) is 0 Å². The van der Waals surface area contributed by atoms with Crippen LogP contribution in [0.5, 0.6) is 0 Å². The lowest BCUT2D eigenvalue weighted by Gasteiger charge is -2.39. The highest BCUT2D eigenvalue weighted by Crippen LogP contribution is 2.15. The van der Waals surface area contributed by atoms with Gasteiger partial charge >= 0.3 is 0 Å². The van der Waals surface area contributed by atoms with Crippen LogP contribution in [0.2, 0.25) is 0 Å². The van der Waals surface area contributed by atoms with Gasteiger partial charge in [-0.3, -0.25) is 9.88 Å². The summed E-state index contributed by atoms with van der Waals surface area (Å²) in [5.41, 5.74) is 1.27. The van der Waals surface area contributed by atoms with Crippen molar-refractivity contribution in [2.45, 2.75) is 51.8 Å². The second-order valence-corrected chi connectivity index (χ2v) is 6.12. The maximum absolute atomic E-state index is 6.07. The zero-order valence-corrected chi connectivity index (χ0v) is 13.6. The molecule has 4 nitrogen and oxygen atoms in total. The molecule has 21 heavy (non-hydrogen) atoms. The molecule has 2 heterocycles. The van der Waals surface area contributed by atoms with Crippen molar-refractivity contribution >= 4 is 0 Å². The van der Waals surface area contributed by atoms with Crippen molar-refractivity contribution in [1.29, 1.82) is 0 Å². The lowest BCUT2D eigenvalue weighted by Crippen LogP contribution is -2.54. The molecule has 4 heteroatoms. The number of aromatic nitrogens is 1. The van der Waals surface area contributed by atoms with Crippen LogP contribution in [0.1, 0.15) is 32.8 Å². The summed E-state index contributed by atoms with van der Waals surface area (Å²) < 4.78 is 6.07. The van der Waals surface area contributed by atoms with Gasteiger partial charge in [0.15, 0.2) is 0 Å². The fourth-order valence-electron chi connectivity index (χ4n) is 2.85. The molecule has 1 aliphatic heterocycles. The molecule has 1 aromatic rings. The molecule has 0 saturated carbocycles.